The van der Waals surface area contributed by atoms with Gasteiger partial charge in [-0.25, -0.2) is 16.8 Å². The van der Waals surface area contributed by atoms with Crippen LogP contribution in [-0.4, -0.2) is 39.2 Å². The highest BCUT2D eigenvalue weighted by Gasteiger charge is 2.21. The predicted molar refractivity (Wildman–Crippen MR) is 94.5 cm³/mol. The lowest BCUT2D eigenvalue weighted by Gasteiger charge is -2.09. The van der Waals surface area contributed by atoms with Crippen molar-refractivity contribution in [1.82, 2.24) is 0 Å². The van der Waals surface area contributed by atoms with Crippen molar-refractivity contribution in [2.24, 2.45) is 0 Å². The van der Waals surface area contributed by atoms with Crippen LogP contribution in [0.15, 0.2) is 52.3 Å². The molecule has 0 bridgehead atoms. The van der Waals surface area contributed by atoms with Crippen LogP contribution in [0.4, 0.5) is 11.4 Å². The molecular weight excluding hydrogens is 408 g/mol. The van der Waals surface area contributed by atoms with Crippen LogP contribution in [-0.2, 0) is 19.9 Å². The molecule has 2 aromatic rings. The third kappa shape index (κ3) is 4.49. The van der Waals surface area contributed by atoms with Crippen LogP contribution in [0.3, 0.4) is 0 Å². The molecule has 12 heteroatoms. The molecule has 0 aliphatic rings. The number of sulfonamides is 1. The maximum absolute atomic E-state index is 12.3. The minimum atomic E-state index is -4.15. The lowest BCUT2D eigenvalue weighted by molar-refractivity contribution is -0.384. The molecule has 9 nitrogen and oxygen atoms in total. The van der Waals surface area contributed by atoms with Gasteiger partial charge in [0, 0.05) is 11.8 Å². The van der Waals surface area contributed by atoms with E-state index in [4.69, 9.17) is 16.7 Å². The second kappa shape index (κ2) is 7.58. The molecule has 0 atom stereocenters. The van der Waals surface area contributed by atoms with E-state index in [0.717, 1.165) is 18.2 Å². The summed E-state index contributed by atoms with van der Waals surface area (Å²) in [6, 6.07) is 7.86. The highest BCUT2D eigenvalue weighted by Crippen LogP contribution is 2.28. The van der Waals surface area contributed by atoms with Crippen molar-refractivity contribution >= 4 is 42.8 Å². The number of aliphatic hydroxyl groups excluding tert-OH is 1. The molecule has 0 saturated heterocycles. The molecule has 0 spiro atoms. The fourth-order valence-corrected chi connectivity index (χ4v) is 4.27. The highest BCUT2D eigenvalue weighted by molar-refractivity contribution is 7.92. The normalized spacial score (nSPS) is 11.9. The van der Waals surface area contributed by atoms with Gasteiger partial charge >= 0.3 is 0 Å². The number of anilines is 1. The molecule has 0 aliphatic heterocycles. The first-order valence-electron chi connectivity index (χ1n) is 6.97. The Morgan fingerprint density at radius 1 is 1.04 bits per heavy atom. The molecule has 0 radical (unpaired) electrons. The van der Waals surface area contributed by atoms with Gasteiger partial charge in [0.1, 0.15) is 5.02 Å². The average Bonchev–Trinajstić information content (AvgIpc) is 2.54. The molecule has 0 saturated carbocycles. The zero-order valence-electron chi connectivity index (χ0n) is 13.0. The number of benzene rings is 2. The summed E-state index contributed by atoms with van der Waals surface area (Å²) in [4.78, 5) is 9.63. The monoisotopic (exact) mass is 420 g/mol. The van der Waals surface area contributed by atoms with E-state index >= 15 is 0 Å². The number of nitrogens with one attached hydrogen (secondary N) is 1. The Balaban J connectivity index is 2.30. The molecule has 26 heavy (non-hydrogen) atoms. The smallest absolute Gasteiger partial charge is 0.289 e. The van der Waals surface area contributed by atoms with Crippen molar-refractivity contribution in [3.63, 3.8) is 0 Å². The molecule has 0 fully saturated rings. The third-order valence-corrected chi connectivity index (χ3v) is 6.66. The summed E-state index contributed by atoms with van der Waals surface area (Å²) in [5, 5.41) is 19.4. The maximum atomic E-state index is 12.3. The van der Waals surface area contributed by atoms with Crippen LogP contribution in [0, 0.1) is 10.1 Å². The third-order valence-electron chi connectivity index (χ3n) is 3.25. The van der Waals surface area contributed by atoms with Crippen LogP contribution in [0.5, 0.6) is 0 Å². The van der Waals surface area contributed by atoms with Gasteiger partial charge in [-0.05, 0) is 36.4 Å². The lowest BCUT2D eigenvalue weighted by Crippen LogP contribution is -2.14. The van der Waals surface area contributed by atoms with Crippen LogP contribution >= 0.6 is 11.6 Å². The van der Waals surface area contributed by atoms with Gasteiger partial charge in [-0.3, -0.25) is 14.8 Å². The van der Waals surface area contributed by atoms with Gasteiger partial charge in [-0.15, -0.1) is 0 Å². The van der Waals surface area contributed by atoms with Crippen molar-refractivity contribution in [1.29, 1.82) is 0 Å². The van der Waals surface area contributed by atoms with Gasteiger partial charge < -0.3 is 5.11 Å². The summed E-state index contributed by atoms with van der Waals surface area (Å²) in [7, 11) is -7.81. The highest BCUT2D eigenvalue weighted by atomic mass is 35.5. The largest absolute Gasteiger partial charge is 0.395 e. The van der Waals surface area contributed by atoms with E-state index in [1.54, 1.807) is 0 Å². The number of halogens is 1. The maximum Gasteiger partial charge on any atom is 0.289 e. The zero-order chi connectivity index (χ0) is 19.5. The van der Waals surface area contributed by atoms with E-state index < -0.39 is 42.8 Å². The first kappa shape index (κ1) is 20.1. The molecule has 0 aliphatic carbocycles. The summed E-state index contributed by atoms with van der Waals surface area (Å²) >= 11 is 5.66. The Hall–Kier alpha value is -2.21. The fourth-order valence-electron chi connectivity index (χ4n) is 1.98. The van der Waals surface area contributed by atoms with Gasteiger partial charge in [0.15, 0.2) is 9.84 Å². The van der Waals surface area contributed by atoms with Gasteiger partial charge in [0.25, 0.3) is 15.7 Å². The molecule has 140 valence electrons. The van der Waals surface area contributed by atoms with Crippen LogP contribution < -0.4 is 4.72 Å². The summed E-state index contributed by atoms with van der Waals surface area (Å²) < 4.78 is 50.5. The van der Waals surface area contributed by atoms with E-state index in [-0.39, 0.29) is 20.5 Å². The van der Waals surface area contributed by atoms with Crippen LogP contribution in [0.25, 0.3) is 0 Å². The standard InChI is InChI=1S/C14H13ClN2O7S2/c15-13-6-5-12(9-14(13)17(19)20)26(23,24)16-10-1-3-11(4-2-10)25(21,22)8-7-18/h1-6,9,16,18H,7-8H2. The second-order valence-corrected chi connectivity index (χ2v) is 9.24. The van der Waals surface area contributed by atoms with Crippen molar-refractivity contribution < 1.29 is 26.9 Å². The second-order valence-electron chi connectivity index (χ2n) is 5.04. The summed E-state index contributed by atoms with van der Waals surface area (Å²) in [5.41, 5.74) is -0.495. The molecule has 0 heterocycles. The molecule has 0 unspecified atom stereocenters. The van der Waals surface area contributed by atoms with Gasteiger partial charge in [-0.1, -0.05) is 11.6 Å². The topological polar surface area (TPSA) is 144 Å². The Kier molecular flexibility index (Phi) is 5.86. The Morgan fingerprint density at radius 2 is 1.62 bits per heavy atom. The number of rotatable bonds is 7. The summed E-state index contributed by atoms with van der Waals surface area (Å²) in [6.45, 7) is -0.536. The zero-order valence-corrected chi connectivity index (χ0v) is 15.4. The fraction of sp³-hybridized carbons (Fsp3) is 0.143. The Bertz CT molecular complexity index is 1040. The van der Waals surface area contributed by atoms with Gasteiger partial charge in [0.05, 0.1) is 27.1 Å². The van der Waals surface area contributed by atoms with Gasteiger partial charge in [0.2, 0.25) is 0 Å². The Labute approximate surface area is 154 Å². The molecule has 0 aromatic heterocycles. The minimum Gasteiger partial charge on any atom is -0.395 e. The quantitative estimate of drug-likeness (QED) is 0.513. The van der Waals surface area contributed by atoms with E-state index in [1.165, 1.54) is 24.3 Å². The van der Waals surface area contributed by atoms with Crippen molar-refractivity contribution in [3.05, 3.63) is 57.6 Å². The molecule has 2 rings (SSSR count). The first-order valence-corrected chi connectivity index (χ1v) is 10.5. The van der Waals surface area contributed by atoms with Crippen molar-refractivity contribution in [3.8, 4) is 0 Å². The predicted octanol–water partition coefficient (Wildman–Crippen LogP) is 1.81. The number of nitro benzene ring substituents is 1. The van der Waals surface area contributed by atoms with Crippen LogP contribution in [0.2, 0.25) is 5.02 Å². The van der Waals surface area contributed by atoms with Gasteiger partial charge in [-0.2, -0.15) is 0 Å². The number of hydrogen-bond acceptors (Lipinski definition) is 7. The first-order chi connectivity index (χ1) is 12.1. The number of aliphatic hydroxyl groups is 1. The summed E-state index contributed by atoms with van der Waals surface area (Å²) in [5.74, 6) is -0.452. The molecule has 2 aromatic carbocycles. The Morgan fingerprint density at radius 3 is 2.15 bits per heavy atom. The number of nitro groups is 1. The molecular formula is C14H13ClN2O7S2. The minimum absolute atomic E-state index is 0.0607. The van der Waals surface area contributed by atoms with Crippen molar-refractivity contribution in [2.75, 3.05) is 17.1 Å². The SMILES string of the molecule is O=[N+]([O-])c1cc(S(=O)(=O)Nc2ccc(S(=O)(=O)CCO)cc2)ccc1Cl. The lowest BCUT2D eigenvalue weighted by atomic mass is 10.3. The number of nitrogens with zero attached hydrogens (tertiary/aromatic N) is 1. The van der Waals surface area contributed by atoms with Crippen molar-refractivity contribution in [2.45, 2.75) is 9.79 Å². The van der Waals surface area contributed by atoms with E-state index in [1.807, 2.05) is 0 Å². The van der Waals surface area contributed by atoms with E-state index in [2.05, 4.69) is 4.72 Å². The average molecular weight is 421 g/mol. The van der Waals surface area contributed by atoms with Crippen LogP contribution in [0.1, 0.15) is 0 Å². The van der Waals surface area contributed by atoms with E-state index in [9.17, 15) is 26.9 Å². The number of hydrogen-bond donors (Lipinski definition) is 2. The number of sulfone groups is 1. The summed E-state index contributed by atoms with van der Waals surface area (Å²) in [6.07, 6.45) is 0. The molecule has 2 N–H and O–H groups in total. The van der Waals surface area contributed by atoms with E-state index in [0.29, 0.717) is 0 Å². The molecule has 0 amide bonds.